The Labute approximate surface area is 128 Å². The molecular weight excluding hydrogens is 310 g/mol. The Morgan fingerprint density at radius 1 is 1.43 bits per heavy atom. The van der Waals surface area contributed by atoms with E-state index >= 15 is 0 Å². The second-order valence-corrected chi connectivity index (χ2v) is 7.53. The normalized spacial score (nSPS) is 13.8. The van der Waals surface area contributed by atoms with Crippen molar-refractivity contribution in [1.82, 2.24) is 14.8 Å². The summed E-state index contributed by atoms with van der Waals surface area (Å²) in [4.78, 5) is 2.11. The van der Waals surface area contributed by atoms with E-state index < -0.39 is 10.0 Å². The standard InChI is InChI=1S/C13H19N3O3S2/c1-9-13(10(2)19-15-9)21(17,18)14-7-12(16(3)4)11-5-6-20-8-11/h5-6,8,12,14H,7H2,1-4H3/t12-/m1/s1. The van der Waals surface area contributed by atoms with Gasteiger partial charge in [-0.25, -0.2) is 13.1 Å². The van der Waals surface area contributed by atoms with Crippen LogP contribution in [-0.2, 0) is 10.0 Å². The van der Waals surface area contributed by atoms with E-state index in [0.717, 1.165) is 5.56 Å². The van der Waals surface area contributed by atoms with E-state index in [1.54, 1.807) is 25.2 Å². The summed E-state index contributed by atoms with van der Waals surface area (Å²) < 4.78 is 32.4. The van der Waals surface area contributed by atoms with Gasteiger partial charge in [-0.05, 0) is 50.3 Å². The van der Waals surface area contributed by atoms with Gasteiger partial charge in [0.05, 0.1) is 0 Å². The van der Waals surface area contributed by atoms with Gasteiger partial charge in [-0.15, -0.1) is 0 Å². The van der Waals surface area contributed by atoms with E-state index in [9.17, 15) is 8.42 Å². The summed E-state index contributed by atoms with van der Waals surface area (Å²) in [6.07, 6.45) is 0. The Balaban J connectivity index is 2.18. The van der Waals surface area contributed by atoms with Crippen molar-refractivity contribution in [3.8, 4) is 0 Å². The van der Waals surface area contributed by atoms with Crippen LogP contribution < -0.4 is 4.72 Å². The second kappa shape index (κ2) is 6.27. The molecule has 2 rings (SSSR count). The average Bonchev–Trinajstić information content (AvgIpc) is 2.99. The molecule has 0 saturated heterocycles. The Hall–Kier alpha value is -1.22. The van der Waals surface area contributed by atoms with Crippen molar-refractivity contribution in [3.63, 3.8) is 0 Å². The van der Waals surface area contributed by atoms with Crippen molar-refractivity contribution in [3.05, 3.63) is 33.8 Å². The van der Waals surface area contributed by atoms with Gasteiger partial charge < -0.3 is 9.42 Å². The fraction of sp³-hybridized carbons (Fsp3) is 0.462. The lowest BCUT2D eigenvalue weighted by Crippen LogP contribution is -2.34. The van der Waals surface area contributed by atoms with Gasteiger partial charge in [0.15, 0.2) is 5.76 Å². The van der Waals surface area contributed by atoms with Gasteiger partial charge >= 0.3 is 0 Å². The summed E-state index contributed by atoms with van der Waals surface area (Å²) in [7, 11) is 0.219. The number of nitrogens with one attached hydrogen (secondary N) is 1. The smallest absolute Gasteiger partial charge is 0.246 e. The molecule has 0 radical (unpaired) electrons. The van der Waals surface area contributed by atoms with Crippen molar-refractivity contribution >= 4 is 21.4 Å². The first-order valence-electron chi connectivity index (χ1n) is 6.44. The highest BCUT2D eigenvalue weighted by Gasteiger charge is 2.26. The maximum Gasteiger partial charge on any atom is 0.246 e. The molecule has 0 bridgehead atoms. The number of aromatic nitrogens is 1. The molecule has 6 nitrogen and oxygen atoms in total. The molecule has 0 spiro atoms. The number of hydrogen-bond donors (Lipinski definition) is 1. The Morgan fingerprint density at radius 3 is 2.62 bits per heavy atom. The number of thiophene rings is 1. The fourth-order valence-corrected chi connectivity index (χ4v) is 4.25. The van der Waals surface area contributed by atoms with E-state index in [0.29, 0.717) is 11.5 Å². The minimum Gasteiger partial charge on any atom is -0.360 e. The second-order valence-electron chi connectivity index (χ2n) is 5.04. The third-order valence-electron chi connectivity index (χ3n) is 3.25. The van der Waals surface area contributed by atoms with Gasteiger partial charge in [0, 0.05) is 12.6 Å². The van der Waals surface area contributed by atoms with Crippen LogP contribution in [0.5, 0.6) is 0 Å². The summed E-state index contributed by atoms with van der Waals surface area (Å²) in [5, 5.41) is 7.70. The number of aryl methyl sites for hydroxylation is 2. The molecule has 2 aromatic heterocycles. The van der Waals surface area contributed by atoms with Crippen molar-refractivity contribution in [2.24, 2.45) is 0 Å². The number of nitrogens with zero attached hydrogens (tertiary/aromatic N) is 2. The molecule has 116 valence electrons. The van der Waals surface area contributed by atoms with E-state index in [-0.39, 0.29) is 17.5 Å². The van der Waals surface area contributed by atoms with Crippen molar-refractivity contribution < 1.29 is 12.9 Å². The Kier molecular flexibility index (Phi) is 4.82. The van der Waals surface area contributed by atoms with Gasteiger partial charge in [0.2, 0.25) is 10.0 Å². The molecular formula is C13H19N3O3S2. The van der Waals surface area contributed by atoms with E-state index in [1.807, 2.05) is 35.8 Å². The van der Waals surface area contributed by atoms with Crippen LogP contribution in [0, 0.1) is 13.8 Å². The molecule has 1 N–H and O–H groups in total. The topological polar surface area (TPSA) is 75.4 Å². The monoisotopic (exact) mass is 329 g/mol. The summed E-state index contributed by atoms with van der Waals surface area (Å²) in [5.74, 6) is 0.303. The van der Waals surface area contributed by atoms with Crippen molar-refractivity contribution in [2.75, 3.05) is 20.6 Å². The molecule has 0 aliphatic rings. The van der Waals surface area contributed by atoms with Gasteiger partial charge in [0.25, 0.3) is 0 Å². The van der Waals surface area contributed by atoms with Crippen molar-refractivity contribution in [2.45, 2.75) is 24.8 Å². The predicted molar refractivity (Wildman–Crippen MR) is 81.9 cm³/mol. The zero-order valence-electron chi connectivity index (χ0n) is 12.5. The SMILES string of the molecule is Cc1noc(C)c1S(=O)(=O)NC[C@H](c1ccsc1)N(C)C. The molecule has 0 aliphatic heterocycles. The molecule has 0 amide bonds. The molecule has 0 aromatic carbocycles. The van der Waals surface area contributed by atoms with E-state index in [1.165, 1.54) is 0 Å². The molecule has 0 unspecified atom stereocenters. The first kappa shape index (κ1) is 16.2. The first-order chi connectivity index (χ1) is 9.83. The lowest BCUT2D eigenvalue weighted by atomic mass is 10.1. The van der Waals surface area contributed by atoms with Gasteiger partial charge in [-0.2, -0.15) is 11.3 Å². The van der Waals surface area contributed by atoms with Crippen LogP contribution >= 0.6 is 11.3 Å². The molecule has 8 heteroatoms. The van der Waals surface area contributed by atoms with Crippen molar-refractivity contribution in [1.29, 1.82) is 0 Å². The number of hydrogen-bond acceptors (Lipinski definition) is 6. The minimum absolute atomic E-state index is 0.0218. The van der Waals surface area contributed by atoms with Crippen LogP contribution in [-0.4, -0.2) is 39.1 Å². The molecule has 1 atom stereocenters. The van der Waals surface area contributed by atoms with Crippen LogP contribution in [0.25, 0.3) is 0 Å². The average molecular weight is 329 g/mol. The predicted octanol–water partition coefficient (Wildman–Crippen LogP) is 1.93. The quantitative estimate of drug-likeness (QED) is 0.876. The molecule has 2 aromatic rings. The summed E-state index contributed by atoms with van der Waals surface area (Å²) >= 11 is 1.59. The molecule has 2 heterocycles. The summed E-state index contributed by atoms with van der Waals surface area (Å²) in [6.45, 7) is 3.50. The number of likely N-dealkylation sites (N-methyl/N-ethyl adjacent to an activating group) is 1. The highest BCUT2D eigenvalue weighted by molar-refractivity contribution is 7.89. The highest BCUT2D eigenvalue weighted by atomic mass is 32.2. The molecule has 0 aliphatic carbocycles. The van der Waals surface area contributed by atoms with Crippen LogP contribution in [0.15, 0.2) is 26.2 Å². The number of sulfonamides is 1. The van der Waals surface area contributed by atoms with Crippen LogP contribution in [0.3, 0.4) is 0 Å². The lowest BCUT2D eigenvalue weighted by Gasteiger charge is -2.23. The van der Waals surface area contributed by atoms with Gasteiger partial charge in [-0.1, -0.05) is 5.16 Å². The number of rotatable bonds is 6. The van der Waals surface area contributed by atoms with Gasteiger partial charge in [-0.3, -0.25) is 0 Å². The van der Waals surface area contributed by atoms with Crippen LogP contribution in [0.2, 0.25) is 0 Å². The fourth-order valence-electron chi connectivity index (χ4n) is 2.18. The van der Waals surface area contributed by atoms with Crippen LogP contribution in [0.4, 0.5) is 0 Å². The first-order valence-corrected chi connectivity index (χ1v) is 8.86. The maximum atomic E-state index is 12.4. The zero-order chi connectivity index (χ0) is 15.6. The summed E-state index contributed by atoms with van der Waals surface area (Å²) in [6, 6.07) is 1.98. The molecule has 0 saturated carbocycles. The third kappa shape index (κ3) is 3.52. The molecule has 21 heavy (non-hydrogen) atoms. The highest BCUT2D eigenvalue weighted by Crippen LogP contribution is 2.22. The lowest BCUT2D eigenvalue weighted by molar-refractivity contribution is 0.300. The van der Waals surface area contributed by atoms with E-state index in [2.05, 4.69) is 9.88 Å². The Morgan fingerprint density at radius 2 is 2.14 bits per heavy atom. The zero-order valence-corrected chi connectivity index (χ0v) is 14.1. The van der Waals surface area contributed by atoms with Crippen LogP contribution in [0.1, 0.15) is 23.1 Å². The summed E-state index contributed by atoms with van der Waals surface area (Å²) in [5.41, 5.74) is 1.46. The maximum absolute atomic E-state index is 12.4. The molecule has 0 fully saturated rings. The minimum atomic E-state index is -3.63. The van der Waals surface area contributed by atoms with E-state index in [4.69, 9.17) is 4.52 Å². The largest absolute Gasteiger partial charge is 0.360 e. The Bertz CT molecular complexity index is 671. The van der Waals surface area contributed by atoms with Gasteiger partial charge in [0.1, 0.15) is 10.6 Å². The third-order valence-corrected chi connectivity index (χ3v) is 5.62.